The largest absolute Gasteiger partial charge is 0.453 e. The SMILES string of the molecule is Cc1ccc(Nc2cccc3c2oc2c(-c4ccccc4)cc4ccccc4c23)cc1. The number of hydrogen-bond donors (Lipinski definition) is 1. The molecule has 31 heavy (non-hydrogen) atoms. The highest BCUT2D eigenvalue weighted by atomic mass is 16.3. The van der Waals surface area contributed by atoms with Gasteiger partial charge >= 0.3 is 0 Å². The molecule has 0 spiro atoms. The zero-order chi connectivity index (χ0) is 20.8. The second-order valence-electron chi connectivity index (χ2n) is 7.99. The van der Waals surface area contributed by atoms with Crippen molar-refractivity contribution in [2.24, 2.45) is 0 Å². The summed E-state index contributed by atoms with van der Waals surface area (Å²) in [6.07, 6.45) is 0. The standard InChI is InChI=1S/C29H21NO/c1-19-14-16-22(17-15-19)30-26-13-7-12-24-27-23-11-6-5-10-21(23)18-25(29(27)31-28(24)26)20-8-3-2-4-9-20/h2-18,30H,1H3. The number of benzene rings is 5. The van der Waals surface area contributed by atoms with E-state index in [9.17, 15) is 0 Å². The number of nitrogens with one attached hydrogen (secondary N) is 1. The summed E-state index contributed by atoms with van der Waals surface area (Å²) in [5.74, 6) is 0. The van der Waals surface area contributed by atoms with Gasteiger partial charge in [0.15, 0.2) is 5.58 Å². The predicted molar refractivity (Wildman–Crippen MR) is 131 cm³/mol. The Hall–Kier alpha value is -4.04. The molecule has 0 radical (unpaired) electrons. The van der Waals surface area contributed by atoms with Gasteiger partial charge in [0.25, 0.3) is 0 Å². The van der Waals surface area contributed by atoms with Gasteiger partial charge in [0, 0.05) is 22.0 Å². The van der Waals surface area contributed by atoms with Gasteiger partial charge in [-0.3, -0.25) is 0 Å². The number of aryl methyl sites for hydroxylation is 1. The number of rotatable bonds is 3. The highest BCUT2D eigenvalue weighted by Gasteiger charge is 2.18. The smallest absolute Gasteiger partial charge is 0.158 e. The van der Waals surface area contributed by atoms with Gasteiger partial charge in [-0.05, 0) is 47.5 Å². The van der Waals surface area contributed by atoms with E-state index in [0.717, 1.165) is 39.1 Å². The molecule has 2 nitrogen and oxygen atoms in total. The maximum absolute atomic E-state index is 6.61. The summed E-state index contributed by atoms with van der Waals surface area (Å²) >= 11 is 0. The first kappa shape index (κ1) is 17.8. The maximum Gasteiger partial charge on any atom is 0.158 e. The van der Waals surface area contributed by atoms with Crippen LogP contribution >= 0.6 is 0 Å². The Kier molecular flexibility index (Phi) is 4.03. The summed E-state index contributed by atoms with van der Waals surface area (Å²) in [4.78, 5) is 0. The summed E-state index contributed by atoms with van der Waals surface area (Å²) in [7, 11) is 0. The molecule has 2 heteroatoms. The van der Waals surface area contributed by atoms with Crippen molar-refractivity contribution >= 4 is 44.1 Å². The second-order valence-corrected chi connectivity index (χ2v) is 7.99. The molecule has 1 N–H and O–H groups in total. The van der Waals surface area contributed by atoms with Gasteiger partial charge in [-0.25, -0.2) is 0 Å². The molecule has 1 aromatic heterocycles. The van der Waals surface area contributed by atoms with Crippen molar-refractivity contribution in [3.63, 3.8) is 0 Å². The highest BCUT2D eigenvalue weighted by Crippen LogP contribution is 2.43. The molecule has 0 aliphatic heterocycles. The van der Waals surface area contributed by atoms with Gasteiger partial charge in [0.05, 0.1) is 5.69 Å². The van der Waals surface area contributed by atoms with Crippen LogP contribution in [0.2, 0.25) is 0 Å². The van der Waals surface area contributed by atoms with Gasteiger partial charge in [0.2, 0.25) is 0 Å². The fourth-order valence-corrected chi connectivity index (χ4v) is 4.37. The van der Waals surface area contributed by atoms with Crippen LogP contribution in [-0.2, 0) is 0 Å². The minimum atomic E-state index is 0.881. The second kappa shape index (κ2) is 7.03. The van der Waals surface area contributed by atoms with Gasteiger partial charge in [0.1, 0.15) is 5.58 Å². The van der Waals surface area contributed by atoms with E-state index < -0.39 is 0 Å². The molecule has 5 aromatic carbocycles. The van der Waals surface area contributed by atoms with E-state index in [0.29, 0.717) is 0 Å². The third-order valence-corrected chi connectivity index (χ3v) is 5.91. The Bertz CT molecular complexity index is 1540. The fourth-order valence-electron chi connectivity index (χ4n) is 4.37. The fraction of sp³-hybridized carbons (Fsp3) is 0.0345. The first-order valence-corrected chi connectivity index (χ1v) is 10.5. The van der Waals surface area contributed by atoms with E-state index in [2.05, 4.69) is 109 Å². The molecule has 0 atom stereocenters. The molecule has 0 aliphatic carbocycles. The Morgan fingerprint density at radius 3 is 2.23 bits per heavy atom. The van der Waals surface area contributed by atoms with Crippen molar-refractivity contribution in [2.45, 2.75) is 6.92 Å². The van der Waals surface area contributed by atoms with Crippen LogP contribution in [0.3, 0.4) is 0 Å². The van der Waals surface area contributed by atoms with Crippen molar-refractivity contribution < 1.29 is 4.42 Å². The van der Waals surface area contributed by atoms with Crippen LogP contribution in [0.15, 0.2) is 108 Å². The topological polar surface area (TPSA) is 25.2 Å². The first-order chi connectivity index (χ1) is 15.3. The minimum Gasteiger partial charge on any atom is -0.453 e. The lowest BCUT2D eigenvalue weighted by Gasteiger charge is -2.07. The molecule has 0 unspecified atom stereocenters. The molecule has 0 aliphatic rings. The number of anilines is 2. The van der Waals surface area contributed by atoms with Crippen molar-refractivity contribution in [3.05, 3.63) is 109 Å². The van der Waals surface area contributed by atoms with Gasteiger partial charge in [-0.15, -0.1) is 0 Å². The lowest BCUT2D eigenvalue weighted by Crippen LogP contribution is -1.90. The molecule has 6 aromatic rings. The molecular weight excluding hydrogens is 378 g/mol. The molecule has 148 valence electrons. The number of hydrogen-bond acceptors (Lipinski definition) is 2. The van der Waals surface area contributed by atoms with E-state index in [1.54, 1.807) is 0 Å². The van der Waals surface area contributed by atoms with Crippen LogP contribution in [0.5, 0.6) is 0 Å². The van der Waals surface area contributed by atoms with E-state index in [4.69, 9.17) is 4.42 Å². The van der Waals surface area contributed by atoms with E-state index >= 15 is 0 Å². The molecule has 0 amide bonds. The highest BCUT2D eigenvalue weighted by molar-refractivity contribution is 6.23. The minimum absolute atomic E-state index is 0.881. The zero-order valence-corrected chi connectivity index (χ0v) is 17.2. The average molecular weight is 399 g/mol. The Morgan fingerprint density at radius 2 is 1.39 bits per heavy atom. The third-order valence-electron chi connectivity index (χ3n) is 5.91. The van der Waals surface area contributed by atoms with Crippen molar-refractivity contribution in [1.29, 1.82) is 0 Å². The van der Waals surface area contributed by atoms with Crippen LogP contribution < -0.4 is 5.32 Å². The number of fused-ring (bicyclic) bond motifs is 5. The normalized spacial score (nSPS) is 11.4. The molecule has 0 fully saturated rings. The molecule has 6 rings (SSSR count). The van der Waals surface area contributed by atoms with Crippen molar-refractivity contribution in [2.75, 3.05) is 5.32 Å². The Balaban J connectivity index is 1.67. The average Bonchev–Trinajstić information content (AvgIpc) is 3.22. The van der Waals surface area contributed by atoms with Crippen LogP contribution in [0.25, 0.3) is 43.8 Å². The summed E-state index contributed by atoms with van der Waals surface area (Å²) < 4.78 is 6.61. The monoisotopic (exact) mass is 399 g/mol. The van der Waals surface area contributed by atoms with E-state index in [-0.39, 0.29) is 0 Å². The van der Waals surface area contributed by atoms with Crippen LogP contribution in [-0.4, -0.2) is 0 Å². The van der Waals surface area contributed by atoms with E-state index in [1.165, 1.54) is 21.7 Å². The van der Waals surface area contributed by atoms with Crippen LogP contribution in [0.4, 0.5) is 11.4 Å². The summed E-state index contributed by atoms with van der Waals surface area (Å²) in [5.41, 5.74) is 7.35. The lowest BCUT2D eigenvalue weighted by atomic mass is 9.96. The summed E-state index contributed by atoms with van der Waals surface area (Å²) in [5, 5.41) is 8.27. The number of furan rings is 1. The molecule has 1 heterocycles. The van der Waals surface area contributed by atoms with Crippen LogP contribution in [0.1, 0.15) is 5.56 Å². The molecule has 0 saturated carbocycles. The third kappa shape index (κ3) is 2.96. The molecule has 0 bridgehead atoms. The first-order valence-electron chi connectivity index (χ1n) is 10.5. The molecule has 0 saturated heterocycles. The summed E-state index contributed by atoms with van der Waals surface area (Å²) in [6.45, 7) is 2.10. The number of para-hydroxylation sites is 1. The van der Waals surface area contributed by atoms with Crippen LogP contribution in [0, 0.1) is 6.92 Å². The van der Waals surface area contributed by atoms with Gasteiger partial charge < -0.3 is 9.73 Å². The Morgan fingerprint density at radius 1 is 0.645 bits per heavy atom. The zero-order valence-electron chi connectivity index (χ0n) is 17.2. The van der Waals surface area contributed by atoms with Gasteiger partial charge in [-0.1, -0.05) is 84.4 Å². The van der Waals surface area contributed by atoms with Crippen molar-refractivity contribution in [3.8, 4) is 11.1 Å². The summed E-state index contributed by atoms with van der Waals surface area (Å²) in [6, 6.07) is 36.0. The van der Waals surface area contributed by atoms with Gasteiger partial charge in [-0.2, -0.15) is 0 Å². The molecular formula is C29H21NO. The lowest BCUT2D eigenvalue weighted by molar-refractivity contribution is 0.671. The van der Waals surface area contributed by atoms with Crippen molar-refractivity contribution in [1.82, 2.24) is 0 Å². The van der Waals surface area contributed by atoms with E-state index in [1.807, 2.05) is 6.07 Å². The quantitative estimate of drug-likeness (QED) is 0.323. The Labute approximate surface area is 180 Å². The maximum atomic E-state index is 6.61. The predicted octanol–water partition coefficient (Wildman–Crippen LogP) is 8.46.